The molecule has 2 amide bonds. The summed E-state index contributed by atoms with van der Waals surface area (Å²) in [6.07, 6.45) is 0. The number of carbonyl (C=O) groups excluding carboxylic acids is 2. The fourth-order valence-corrected chi connectivity index (χ4v) is 3.03. The minimum Gasteiger partial charge on any atom is -0.494 e. The van der Waals surface area contributed by atoms with Crippen LogP contribution in [0.25, 0.3) is 0 Å². The third-order valence-electron chi connectivity index (χ3n) is 4.45. The number of anilines is 1. The molecule has 0 spiro atoms. The molecule has 0 radical (unpaired) electrons. The Morgan fingerprint density at radius 3 is 1.94 bits per heavy atom. The monoisotopic (exact) mass is 418 g/mol. The van der Waals surface area contributed by atoms with E-state index in [-0.39, 0.29) is 11.8 Å². The molecule has 160 valence electrons. The van der Waals surface area contributed by atoms with Crippen molar-refractivity contribution in [1.29, 1.82) is 0 Å². The standard InChI is InChI=1S/C25H26N2O4/c1-3-30-22-12-6-9-19(15-22)24(28)26-17-18-8-5-11-21(14-18)27-25(29)20-10-7-13-23(16-20)31-4-2/h5-16H,3-4,17H2,1-2H3,(H,26,28)(H,27,29). The van der Waals surface area contributed by atoms with Gasteiger partial charge in [-0.1, -0.05) is 24.3 Å². The van der Waals surface area contributed by atoms with Crippen molar-refractivity contribution >= 4 is 17.5 Å². The molecule has 0 saturated heterocycles. The van der Waals surface area contributed by atoms with E-state index >= 15 is 0 Å². The van der Waals surface area contributed by atoms with Crippen molar-refractivity contribution in [3.8, 4) is 11.5 Å². The maximum absolute atomic E-state index is 12.6. The van der Waals surface area contributed by atoms with Gasteiger partial charge in [0.2, 0.25) is 0 Å². The van der Waals surface area contributed by atoms with Crippen LogP contribution in [0.15, 0.2) is 72.8 Å². The maximum atomic E-state index is 12.6. The average Bonchev–Trinajstić information content (AvgIpc) is 2.78. The van der Waals surface area contributed by atoms with Gasteiger partial charge in [0, 0.05) is 23.4 Å². The zero-order valence-corrected chi connectivity index (χ0v) is 17.7. The van der Waals surface area contributed by atoms with Crippen molar-refractivity contribution in [1.82, 2.24) is 5.32 Å². The lowest BCUT2D eigenvalue weighted by Crippen LogP contribution is -2.23. The number of hydrogen-bond acceptors (Lipinski definition) is 4. The predicted molar refractivity (Wildman–Crippen MR) is 121 cm³/mol. The minimum absolute atomic E-state index is 0.191. The van der Waals surface area contributed by atoms with Crippen molar-refractivity contribution in [3.05, 3.63) is 89.5 Å². The Labute approximate surface area is 182 Å². The van der Waals surface area contributed by atoms with Crippen molar-refractivity contribution in [2.24, 2.45) is 0 Å². The molecule has 3 rings (SSSR count). The SMILES string of the molecule is CCOc1cccc(C(=O)NCc2cccc(NC(=O)c3cccc(OCC)c3)c2)c1. The lowest BCUT2D eigenvalue weighted by Gasteiger charge is -2.10. The molecule has 31 heavy (non-hydrogen) atoms. The number of benzene rings is 3. The van der Waals surface area contributed by atoms with Crippen molar-refractivity contribution in [2.45, 2.75) is 20.4 Å². The van der Waals surface area contributed by atoms with Crippen LogP contribution in [-0.4, -0.2) is 25.0 Å². The highest BCUT2D eigenvalue weighted by atomic mass is 16.5. The van der Waals surface area contributed by atoms with Crippen LogP contribution < -0.4 is 20.1 Å². The summed E-state index contributed by atoms with van der Waals surface area (Å²) in [5.74, 6) is 0.896. The Balaban J connectivity index is 1.61. The molecule has 0 bridgehead atoms. The largest absolute Gasteiger partial charge is 0.494 e. The summed E-state index contributed by atoms with van der Waals surface area (Å²) in [5, 5.41) is 5.78. The van der Waals surface area contributed by atoms with Gasteiger partial charge in [-0.3, -0.25) is 9.59 Å². The van der Waals surface area contributed by atoms with Crippen LogP contribution in [0, 0.1) is 0 Å². The molecular weight excluding hydrogens is 392 g/mol. The van der Waals surface area contributed by atoms with Crippen molar-refractivity contribution in [3.63, 3.8) is 0 Å². The smallest absolute Gasteiger partial charge is 0.255 e. The second-order valence-electron chi connectivity index (χ2n) is 6.76. The first-order valence-electron chi connectivity index (χ1n) is 10.2. The van der Waals surface area contributed by atoms with E-state index in [1.807, 2.05) is 44.2 Å². The van der Waals surface area contributed by atoms with Crippen LogP contribution in [0.1, 0.15) is 40.1 Å². The molecular formula is C25H26N2O4. The van der Waals surface area contributed by atoms with Gasteiger partial charge >= 0.3 is 0 Å². The first kappa shape index (κ1) is 21.9. The maximum Gasteiger partial charge on any atom is 0.255 e. The van der Waals surface area contributed by atoms with E-state index in [1.54, 1.807) is 42.5 Å². The van der Waals surface area contributed by atoms with Gasteiger partial charge in [-0.2, -0.15) is 0 Å². The molecule has 6 heteroatoms. The number of carbonyl (C=O) groups is 2. The molecule has 0 fully saturated rings. The molecule has 0 atom stereocenters. The van der Waals surface area contributed by atoms with Gasteiger partial charge in [0.15, 0.2) is 0 Å². The quantitative estimate of drug-likeness (QED) is 0.530. The lowest BCUT2D eigenvalue weighted by molar-refractivity contribution is 0.0949. The number of amides is 2. The fourth-order valence-electron chi connectivity index (χ4n) is 3.03. The van der Waals surface area contributed by atoms with Gasteiger partial charge in [-0.25, -0.2) is 0 Å². The Bertz CT molecular complexity index is 1050. The Morgan fingerprint density at radius 1 is 0.742 bits per heavy atom. The van der Waals surface area contributed by atoms with E-state index < -0.39 is 0 Å². The van der Waals surface area contributed by atoms with Crippen LogP contribution in [-0.2, 0) is 6.54 Å². The normalized spacial score (nSPS) is 10.3. The fraction of sp³-hybridized carbons (Fsp3) is 0.200. The second kappa shape index (κ2) is 10.8. The molecule has 0 aromatic heterocycles. The highest BCUT2D eigenvalue weighted by Gasteiger charge is 2.09. The topological polar surface area (TPSA) is 76.7 Å². The van der Waals surface area contributed by atoms with Crippen LogP contribution in [0.5, 0.6) is 11.5 Å². The third-order valence-corrected chi connectivity index (χ3v) is 4.45. The van der Waals surface area contributed by atoms with E-state index in [0.717, 1.165) is 5.56 Å². The zero-order valence-electron chi connectivity index (χ0n) is 17.7. The van der Waals surface area contributed by atoms with Gasteiger partial charge in [0.25, 0.3) is 11.8 Å². The molecule has 0 unspecified atom stereocenters. The molecule has 0 aliphatic heterocycles. The average molecular weight is 418 g/mol. The van der Waals surface area contributed by atoms with Gasteiger partial charge < -0.3 is 20.1 Å². The van der Waals surface area contributed by atoms with Crippen LogP contribution in [0.4, 0.5) is 5.69 Å². The van der Waals surface area contributed by atoms with Gasteiger partial charge in [-0.05, 0) is 67.9 Å². The van der Waals surface area contributed by atoms with Crippen molar-refractivity contribution in [2.75, 3.05) is 18.5 Å². The molecule has 6 nitrogen and oxygen atoms in total. The van der Waals surface area contributed by atoms with Crippen LogP contribution in [0.3, 0.4) is 0 Å². The second-order valence-corrected chi connectivity index (χ2v) is 6.76. The van der Waals surface area contributed by atoms with Crippen LogP contribution >= 0.6 is 0 Å². The highest BCUT2D eigenvalue weighted by molar-refractivity contribution is 6.04. The number of nitrogens with one attached hydrogen (secondary N) is 2. The minimum atomic E-state index is -0.226. The Morgan fingerprint density at radius 2 is 1.32 bits per heavy atom. The summed E-state index contributed by atoms with van der Waals surface area (Å²) in [6, 6.07) is 21.5. The third kappa shape index (κ3) is 6.34. The predicted octanol–water partition coefficient (Wildman–Crippen LogP) is 4.67. The summed E-state index contributed by atoms with van der Waals surface area (Å²) >= 11 is 0. The highest BCUT2D eigenvalue weighted by Crippen LogP contribution is 2.17. The zero-order chi connectivity index (χ0) is 22.1. The van der Waals surface area contributed by atoms with Crippen LogP contribution in [0.2, 0.25) is 0 Å². The summed E-state index contributed by atoms with van der Waals surface area (Å²) in [6.45, 7) is 5.20. The van der Waals surface area contributed by atoms with E-state index in [1.165, 1.54) is 0 Å². The summed E-state index contributed by atoms with van der Waals surface area (Å²) in [4.78, 5) is 25.0. The molecule has 3 aromatic rings. The number of rotatable bonds is 9. The number of ether oxygens (including phenoxy) is 2. The van der Waals surface area contributed by atoms with Gasteiger partial charge in [0.1, 0.15) is 11.5 Å². The first-order chi connectivity index (χ1) is 15.1. The Kier molecular flexibility index (Phi) is 7.65. The first-order valence-corrected chi connectivity index (χ1v) is 10.2. The molecule has 0 saturated carbocycles. The van der Waals surface area contributed by atoms with Gasteiger partial charge in [0.05, 0.1) is 13.2 Å². The van der Waals surface area contributed by atoms with Crippen molar-refractivity contribution < 1.29 is 19.1 Å². The molecule has 0 heterocycles. The van der Waals surface area contributed by atoms with E-state index in [2.05, 4.69) is 10.6 Å². The summed E-state index contributed by atoms with van der Waals surface area (Å²) in [5.41, 5.74) is 2.57. The van der Waals surface area contributed by atoms with Gasteiger partial charge in [-0.15, -0.1) is 0 Å². The molecule has 2 N–H and O–H groups in total. The van der Waals surface area contributed by atoms with E-state index in [4.69, 9.17) is 9.47 Å². The van der Waals surface area contributed by atoms with E-state index in [0.29, 0.717) is 48.1 Å². The Hall–Kier alpha value is -3.80. The summed E-state index contributed by atoms with van der Waals surface area (Å²) in [7, 11) is 0. The van der Waals surface area contributed by atoms with E-state index in [9.17, 15) is 9.59 Å². The molecule has 0 aliphatic carbocycles. The molecule has 3 aromatic carbocycles. The number of hydrogen-bond donors (Lipinski definition) is 2. The molecule has 0 aliphatic rings. The lowest BCUT2D eigenvalue weighted by atomic mass is 10.1. The summed E-state index contributed by atoms with van der Waals surface area (Å²) < 4.78 is 10.9.